The van der Waals surface area contributed by atoms with Crippen LogP contribution in [0.5, 0.6) is 0 Å². The maximum Gasteiger partial charge on any atom is 0.180 e. The average molecular weight is 140 g/mol. The normalized spacial score (nSPS) is 10.8. The molecule has 0 fully saturated rings. The fourth-order valence-corrected chi connectivity index (χ4v) is 1.08. The molecule has 0 aliphatic heterocycles. The lowest BCUT2D eigenvalue weighted by molar-refractivity contribution is 1.38. The van der Waals surface area contributed by atoms with Gasteiger partial charge in [-0.25, -0.2) is 4.98 Å². The Morgan fingerprint density at radius 3 is 3.00 bits per heavy atom. The lowest BCUT2D eigenvalue weighted by Gasteiger charge is -1.76. The van der Waals surface area contributed by atoms with E-state index < -0.39 is 0 Å². The molecule has 3 heteroatoms. The van der Waals surface area contributed by atoms with Gasteiger partial charge in [0.15, 0.2) is 5.13 Å². The van der Waals surface area contributed by atoms with Crippen LogP contribution in [0.2, 0.25) is 0 Å². The van der Waals surface area contributed by atoms with Gasteiger partial charge in [0.1, 0.15) is 0 Å². The van der Waals surface area contributed by atoms with Gasteiger partial charge in [0, 0.05) is 5.38 Å². The Labute approximate surface area is 58.0 Å². The largest absolute Gasteiger partial charge is 0.375 e. The van der Waals surface area contributed by atoms with E-state index in [9.17, 15) is 0 Å². The average Bonchev–Trinajstić information content (AvgIpc) is 2.17. The van der Waals surface area contributed by atoms with Crippen LogP contribution in [0.15, 0.2) is 11.5 Å². The number of nitrogen functional groups attached to an aromatic ring is 1. The zero-order chi connectivity index (χ0) is 6.69. The standard InChI is InChI=1S/C6H8N2S/c1-2-3-5-4-9-6(7)8-5/h2-4H,1H3,(H2,7,8). The van der Waals surface area contributed by atoms with Crippen molar-refractivity contribution in [2.75, 3.05) is 5.73 Å². The topological polar surface area (TPSA) is 38.9 Å². The summed E-state index contributed by atoms with van der Waals surface area (Å²) in [5.74, 6) is 0. The Hall–Kier alpha value is -0.830. The molecule has 0 amide bonds. The number of thiazole rings is 1. The van der Waals surface area contributed by atoms with Gasteiger partial charge in [-0.3, -0.25) is 0 Å². The van der Waals surface area contributed by atoms with Crippen molar-refractivity contribution in [3.8, 4) is 0 Å². The van der Waals surface area contributed by atoms with Crippen LogP contribution in [-0.2, 0) is 0 Å². The van der Waals surface area contributed by atoms with Crippen LogP contribution in [-0.4, -0.2) is 4.98 Å². The highest BCUT2D eigenvalue weighted by Gasteiger charge is 1.90. The fourth-order valence-electron chi connectivity index (χ4n) is 0.548. The maximum atomic E-state index is 5.38. The van der Waals surface area contributed by atoms with Crippen LogP contribution >= 0.6 is 11.3 Å². The van der Waals surface area contributed by atoms with Crippen LogP contribution in [0.4, 0.5) is 5.13 Å². The molecular weight excluding hydrogens is 132 g/mol. The van der Waals surface area contributed by atoms with Gasteiger partial charge in [-0.1, -0.05) is 6.08 Å². The molecule has 0 atom stereocenters. The molecule has 2 nitrogen and oxygen atoms in total. The van der Waals surface area contributed by atoms with E-state index in [1.165, 1.54) is 11.3 Å². The first-order valence-electron chi connectivity index (χ1n) is 2.66. The van der Waals surface area contributed by atoms with Crippen LogP contribution in [0.3, 0.4) is 0 Å². The number of hydrogen-bond donors (Lipinski definition) is 1. The van der Waals surface area contributed by atoms with Gasteiger partial charge in [0.25, 0.3) is 0 Å². The Morgan fingerprint density at radius 1 is 1.78 bits per heavy atom. The minimum Gasteiger partial charge on any atom is -0.375 e. The van der Waals surface area contributed by atoms with Gasteiger partial charge in [0.05, 0.1) is 5.69 Å². The molecule has 0 saturated heterocycles. The minimum absolute atomic E-state index is 0.628. The summed E-state index contributed by atoms with van der Waals surface area (Å²) in [5.41, 5.74) is 6.33. The molecule has 1 heterocycles. The smallest absolute Gasteiger partial charge is 0.180 e. The summed E-state index contributed by atoms with van der Waals surface area (Å²) in [4.78, 5) is 4.01. The zero-order valence-electron chi connectivity index (χ0n) is 5.16. The van der Waals surface area contributed by atoms with Gasteiger partial charge < -0.3 is 5.73 Å². The van der Waals surface area contributed by atoms with Gasteiger partial charge in [0.2, 0.25) is 0 Å². The van der Waals surface area contributed by atoms with E-state index in [-0.39, 0.29) is 0 Å². The summed E-state index contributed by atoms with van der Waals surface area (Å²) in [5, 5.41) is 2.55. The SMILES string of the molecule is CC=Cc1csc(N)n1. The summed E-state index contributed by atoms with van der Waals surface area (Å²) in [6.07, 6.45) is 3.86. The number of allylic oxidation sites excluding steroid dienone is 1. The summed E-state index contributed by atoms with van der Waals surface area (Å²) in [6, 6.07) is 0. The minimum atomic E-state index is 0.628. The first-order valence-corrected chi connectivity index (χ1v) is 3.54. The highest BCUT2D eigenvalue weighted by Crippen LogP contribution is 2.11. The van der Waals surface area contributed by atoms with E-state index in [0.29, 0.717) is 5.13 Å². The van der Waals surface area contributed by atoms with Crippen LogP contribution < -0.4 is 5.73 Å². The molecule has 0 aromatic carbocycles. The lowest BCUT2D eigenvalue weighted by atomic mass is 10.4. The van der Waals surface area contributed by atoms with E-state index in [1.807, 2.05) is 24.5 Å². The predicted octanol–water partition coefficient (Wildman–Crippen LogP) is 1.76. The molecule has 9 heavy (non-hydrogen) atoms. The molecule has 1 aromatic heterocycles. The van der Waals surface area contributed by atoms with Crippen LogP contribution in [0.1, 0.15) is 12.6 Å². The van der Waals surface area contributed by atoms with Crippen LogP contribution in [0.25, 0.3) is 6.08 Å². The van der Waals surface area contributed by atoms with E-state index in [1.54, 1.807) is 0 Å². The Kier molecular flexibility index (Phi) is 1.85. The molecule has 0 aliphatic rings. The summed E-state index contributed by atoms with van der Waals surface area (Å²) >= 11 is 1.46. The number of rotatable bonds is 1. The molecule has 1 rings (SSSR count). The highest BCUT2D eigenvalue weighted by molar-refractivity contribution is 7.13. The molecule has 0 radical (unpaired) electrons. The molecule has 48 valence electrons. The molecular formula is C6H8N2S. The second-order valence-corrected chi connectivity index (χ2v) is 2.50. The molecule has 0 saturated carbocycles. The van der Waals surface area contributed by atoms with Crippen molar-refractivity contribution in [1.29, 1.82) is 0 Å². The Balaban J connectivity index is 2.85. The van der Waals surface area contributed by atoms with Gasteiger partial charge >= 0.3 is 0 Å². The number of hydrogen-bond acceptors (Lipinski definition) is 3. The van der Waals surface area contributed by atoms with Crippen molar-refractivity contribution in [1.82, 2.24) is 4.98 Å². The predicted molar refractivity (Wildman–Crippen MR) is 41.2 cm³/mol. The Morgan fingerprint density at radius 2 is 2.56 bits per heavy atom. The summed E-state index contributed by atoms with van der Waals surface area (Å²) in [6.45, 7) is 1.95. The van der Waals surface area contributed by atoms with Gasteiger partial charge in [-0.05, 0) is 13.0 Å². The molecule has 0 spiro atoms. The second kappa shape index (κ2) is 2.64. The van der Waals surface area contributed by atoms with Crippen LogP contribution in [0, 0.1) is 0 Å². The zero-order valence-corrected chi connectivity index (χ0v) is 5.98. The summed E-state index contributed by atoms with van der Waals surface area (Å²) < 4.78 is 0. The molecule has 0 bridgehead atoms. The Bertz CT molecular complexity index is 215. The number of nitrogens with two attached hydrogens (primary N) is 1. The van der Waals surface area contributed by atoms with E-state index in [4.69, 9.17) is 5.73 Å². The highest BCUT2D eigenvalue weighted by atomic mass is 32.1. The lowest BCUT2D eigenvalue weighted by Crippen LogP contribution is -1.80. The number of aromatic nitrogens is 1. The first-order chi connectivity index (χ1) is 4.33. The number of nitrogens with zero attached hydrogens (tertiary/aromatic N) is 1. The van der Waals surface area contributed by atoms with Gasteiger partial charge in [-0.15, -0.1) is 11.3 Å². The van der Waals surface area contributed by atoms with Crippen molar-refractivity contribution in [3.63, 3.8) is 0 Å². The van der Waals surface area contributed by atoms with Crippen molar-refractivity contribution in [2.24, 2.45) is 0 Å². The molecule has 1 aromatic rings. The van der Waals surface area contributed by atoms with E-state index in [2.05, 4.69) is 4.98 Å². The quantitative estimate of drug-likeness (QED) is 0.645. The third-order valence-corrected chi connectivity index (χ3v) is 1.57. The number of anilines is 1. The molecule has 0 unspecified atom stereocenters. The third-order valence-electron chi connectivity index (χ3n) is 0.877. The van der Waals surface area contributed by atoms with Crippen molar-refractivity contribution < 1.29 is 0 Å². The van der Waals surface area contributed by atoms with Gasteiger partial charge in [-0.2, -0.15) is 0 Å². The monoisotopic (exact) mass is 140 g/mol. The van der Waals surface area contributed by atoms with E-state index >= 15 is 0 Å². The van der Waals surface area contributed by atoms with Crippen molar-refractivity contribution >= 4 is 22.5 Å². The van der Waals surface area contributed by atoms with Crippen molar-refractivity contribution in [3.05, 3.63) is 17.2 Å². The molecule has 0 aliphatic carbocycles. The first kappa shape index (κ1) is 6.29. The summed E-state index contributed by atoms with van der Waals surface area (Å²) in [7, 11) is 0. The molecule has 2 N–H and O–H groups in total. The fraction of sp³-hybridized carbons (Fsp3) is 0.167. The second-order valence-electron chi connectivity index (χ2n) is 1.61. The maximum absolute atomic E-state index is 5.38. The third kappa shape index (κ3) is 1.54. The van der Waals surface area contributed by atoms with E-state index in [0.717, 1.165) is 5.69 Å². The van der Waals surface area contributed by atoms with Crippen molar-refractivity contribution in [2.45, 2.75) is 6.92 Å².